The van der Waals surface area contributed by atoms with Gasteiger partial charge in [-0.25, -0.2) is 0 Å². The van der Waals surface area contributed by atoms with Crippen LogP contribution >= 0.6 is 22.6 Å². The van der Waals surface area contributed by atoms with E-state index < -0.39 is 8.07 Å². The molecule has 0 saturated heterocycles. The summed E-state index contributed by atoms with van der Waals surface area (Å²) in [7, 11) is -1.31. The van der Waals surface area contributed by atoms with Gasteiger partial charge in [0.2, 0.25) is 0 Å². The molecule has 0 bridgehead atoms. The molecule has 0 amide bonds. The number of hydrogen-bond acceptors (Lipinski definition) is 0. The summed E-state index contributed by atoms with van der Waals surface area (Å²) in [6.07, 6.45) is 15.2. The van der Waals surface area contributed by atoms with Gasteiger partial charge in [0.15, 0.2) is 0 Å². The van der Waals surface area contributed by atoms with Crippen molar-refractivity contribution in [1.82, 2.24) is 0 Å². The Bertz CT molecular complexity index is 545. The minimum Gasteiger partial charge on any atom is -0.127 e. The standard InChI is InChI=1S/C23H37ISi/c1-5-6-7-8-9-10-11-12-13-14-15-22-20-23(24)17-16-21(22)18-19-25(2,3)4/h16-17,20H,5-15H2,1-4H3. The molecule has 0 aliphatic heterocycles. The van der Waals surface area contributed by atoms with Gasteiger partial charge in [0.25, 0.3) is 0 Å². The molecule has 0 aliphatic carbocycles. The molecule has 0 N–H and O–H groups in total. The van der Waals surface area contributed by atoms with E-state index in [0.717, 1.165) is 0 Å². The molecule has 0 spiro atoms. The van der Waals surface area contributed by atoms with Gasteiger partial charge < -0.3 is 0 Å². The maximum Gasteiger partial charge on any atom is 0.129 e. The second-order valence-corrected chi connectivity index (χ2v) is 14.2. The third-order valence-corrected chi connectivity index (χ3v) is 5.99. The van der Waals surface area contributed by atoms with Crippen molar-refractivity contribution in [2.75, 3.05) is 0 Å². The Labute approximate surface area is 171 Å². The number of unbranched alkanes of at least 4 members (excludes halogenated alkanes) is 9. The van der Waals surface area contributed by atoms with Crippen LogP contribution in [0.5, 0.6) is 0 Å². The van der Waals surface area contributed by atoms with Crippen molar-refractivity contribution in [2.45, 2.75) is 97.2 Å². The lowest BCUT2D eigenvalue weighted by Crippen LogP contribution is -2.16. The van der Waals surface area contributed by atoms with Crippen LogP contribution in [-0.2, 0) is 6.42 Å². The van der Waals surface area contributed by atoms with Crippen molar-refractivity contribution in [1.29, 1.82) is 0 Å². The van der Waals surface area contributed by atoms with Crippen molar-refractivity contribution < 1.29 is 0 Å². The van der Waals surface area contributed by atoms with Gasteiger partial charge in [-0.3, -0.25) is 0 Å². The molecular formula is C23H37ISi. The fourth-order valence-corrected chi connectivity index (χ4v) is 4.01. The first kappa shape index (κ1) is 22.8. The molecule has 0 aromatic heterocycles. The van der Waals surface area contributed by atoms with Crippen LogP contribution < -0.4 is 0 Å². The minimum atomic E-state index is -1.31. The highest BCUT2D eigenvalue weighted by molar-refractivity contribution is 14.1. The van der Waals surface area contributed by atoms with E-state index >= 15 is 0 Å². The first-order valence-electron chi connectivity index (χ1n) is 10.2. The molecule has 0 radical (unpaired) electrons. The van der Waals surface area contributed by atoms with Crippen molar-refractivity contribution in [3.63, 3.8) is 0 Å². The van der Waals surface area contributed by atoms with Gasteiger partial charge in [-0.1, -0.05) is 90.3 Å². The normalized spacial score (nSPS) is 11.2. The van der Waals surface area contributed by atoms with Gasteiger partial charge in [-0.05, 0) is 59.2 Å². The fourth-order valence-electron chi connectivity index (χ4n) is 2.95. The fraction of sp³-hybridized carbons (Fsp3) is 0.652. The van der Waals surface area contributed by atoms with Crippen molar-refractivity contribution in [3.05, 3.63) is 32.9 Å². The summed E-state index contributed by atoms with van der Waals surface area (Å²) in [5, 5.41) is 0. The molecule has 0 unspecified atom stereocenters. The summed E-state index contributed by atoms with van der Waals surface area (Å²) in [4.78, 5) is 0. The van der Waals surface area contributed by atoms with E-state index in [-0.39, 0.29) is 0 Å². The van der Waals surface area contributed by atoms with Gasteiger partial charge in [0, 0.05) is 9.13 Å². The van der Waals surface area contributed by atoms with Gasteiger partial charge >= 0.3 is 0 Å². The average Bonchev–Trinajstić information content (AvgIpc) is 2.55. The minimum absolute atomic E-state index is 1.18. The molecule has 1 aromatic carbocycles. The van der Waals surface area contributed by atoms with Crippen LogP contribution in [0.2, 0.25) is 19.6 Å². The second kappa shape index (κ2) is 13.0. The zero-order chi connectivity index (χ0) is 18.5. The average molecular weight is 469 g/mol. The Morgan fingerprint density at radius 1 is 0.840 bits per heavy atom. The highest BCUT2D eigenvalue weighted by atomic mass is 127. The van der Waals surface area contributed by atoms with E-state index in [4.69, 9.17) is 0 Å². The van der Waals surface area contributed by atoms with Gasteiger partial charge in [-0.2, -0.15) is 0 Å². The molecule has 1 aromatic rings. The Hall–Kier alpha value is -0.273. The van der Waals surface area contributed by atoms with E-state index in [1.807, 2.05) is 0 Å². The Morgan fingerprint density at radius 3 is 1.96 bits per heavy atom. The highest BCUT2D eigenvalue weighted by Crippen LogP contribution is 2.18. The molecule has 0 atom stereocenters. The first-order chi connectivity index (χ1) is 11.9. The van der Waals surface area contributed by atoms with Crippen LogP contribution in [0, 0.1) is 15.0 Å². The summed E-state index contributed by atoms with van der Waals surface area (Å²) in [5.41, 5.74) is 6.24. The maximum absolute atomic E-state index is 3.52. The number of rotatable bonds is 11. The molecule has 0 aliphatic rings. The van der Waals surface area contributed by atoms with E-state index in [1.165, 1.54) is 85.3 Å². The van der Waals surface area contributed by atoms with Gasteiger partial charge in [0.1, 0.15) is 8.07 Å². The SMILES string of the molecule is CCCCCCCCCCCCc1cc(I)ccc1C#C[Si](C)(C)C. The largest absolute Gasteiger partial charge is 0.129 e. The van der Waals surface area contributed by atoms with Crippen molar-refractivity contribution in [3.8, 4) is 11.5 Å². The summed E-state index contributed by atoms with van der Waals surface area (Å²) >= 11 is 2.42. The predicted octanol–water partition coefficient (Wildman–Crippen LogP) is 7.98. The van der Waals surface area contributed by atoms with Crippen molar-refractivity contribution in [2.24, 2.45) is 0 Å². The van der Waals surface area contributed by atoms with E-state index in [1.54, 1.807) is 0 Å². The molecule has 0 fully saturated rings. The van der Waals surface area contributed by atoms with Crippen LogP contribution in [0.15, 0.2) is 18.2 Å². The smallest absolute Gasteiger partial charge is 0.127 e. The monoisotopic (exact) mass is 468 g/mol. The van der Waals surface area contributed by atoms with Crippen LogP contribution in [0.3, 0.4) is 0 Å². The van der Waals surface area contributed by atoms with E-state index in [9.17, 15) is 0 Å². The summed E-state index contributed by atoms with van der Waals surface area (Å²) < 4.78 is 1.33. The lowest BCUT2D eigenvalue weighted by atomic mass is 10.0. The van der Waals surface area contributed by atoms with Crippen LogP contribution in [0.1, 0.15) is 82.3 Å². The van der Waals surface area contributed by atoms with E-state index in [2.05, 4.69) is 78.8 Å². The molecule has 0 nitrogen and oxygen atoms in total. The van der Waals surface area contributed by atoms with Gasteiger partial charge in [-0.15, -0.1) is 5.54 Å². The Morgan fingerprint density at radius 2 is 1.40 bits per heavy atom. The highest BCUT2D eigenvalue weighted by Gasteiger charge is 2.08. The Kier molecular flexibility index (Phi) is 11.8. The van der Waals surface area contributed by atoms with E-state index in [0.29, 0.717) is 0 Å². The topological polar surface area (TPSA) is 0 Å². The lowest BCUT2D eigenvalue weighted by molar-refractivity contribution is 0.556. The third-order valence-electron chi connectivity index (χ3n) is 4.44. The molecule has 140 valence electrons. The number of halogens is 1. The summed E-state index contributed by atoms with van der Waals surface area (Å²) in [6.45, 7) is 9.23. The quantitative estimate of drug-likeness (QED) is 0.134. The third kappa shape index (κ3) is 11.9. The van der Waals surface area contributed by atoms with Crippen LogP contribution in [0.4, 0.5) is 0 Å². The molecule has 0 saturated carbocycles. The molecule has 1 rings (SSSR count). The van der Waals surface area contributed by atoms with Crippen LogP contribution in [0.25, 0.3) is 0 Å². The summed E-state index contributed by atoms with van der Waals surface area (Å²) in [6, 6.07) is 6.75. The van der Waals surface area contributed by atoms with Gasteiger partial charge in [0.05, 0.1) is 0 Å². The van der Waals surface area contributed by atoms with Crippen molar-refractivity contribution >= 4 is 30.7 Å². The lowest BCUT2D eigenvalue weighted by Gasteiger charge is -2.08. The predicted molar refractivity (Wildman–Crippen MR) is 125 cm³/mol. The zero-order valence-corrected chi connectivity index (χ0v) is 20.0. The zero-order valence-electron chi connectivity index (χ0n) is 16.9. The molecule has 25 heavy (non-hydrogen) atoms. The number of hydrogen-bond donors (Lipinski definition) is 0. The summed E-state index contributed by atoms with van der Waals surface area (Å²) in [5.74, 6) is 3.47. The maximum atomic E-state index is 3.52. The molecular weight excluding hydrogens is 431 g/mol. The molecule has 2 heteroatoms. The number of benzene rings is 1. The Balaban J connectivity index is 2.32. The first-order valence-corrected chi connectivity index (χ1v) is 14.8. The molecule has 0 heterocycles. The second-order valence-electron chi connectivity index (χ2n) is 8.23. The number of aryl methyl sites for hydroxylation is 1. The van der Waals surface area contributed by atoms with Crippen LogP contribution in [-0.4, -0.2) is 8.07 Å².